The van der Waals surface area contributed by atoms with Crippen molar-refractivity contribution in [3.63, 3.8) is 0 Å². The van der Waals surface area contributed by atoms with Crippen LogP contribution in [0.4, 0.5) is 4.39 Å². The number of benzene rings is 1. The van der Waals surface area contributed by atoms with Crippen molar-refractivity contribution in [2.45, 2.75) is 18.6 Å². The highest BCUT2D eigenvalue weighted by Gasteiger charge is 2.39. The Labute approximate surface area is 129 Å². The zero-order chi connectivity index (χ0) is 15.7. The summed E-state index contributed by atoms with van der Waals surface area (Å²) < 4.78 is 25.1. The molecule has 0 aromatic heterocycles. The summed E-state index contributed by atoms with van der Waals surface area (Å²) in [6, 6.07) is 4.64. The van der Waals surface area contributed by atoms with E-state index in [9.17, 15) is 9.18 Å². The Bertz CT molecular complexity index is 566. The van der Waals surface area contributed by atoms with Gasteiger partial charge in [-0.3, -0.25) is 4.79 Å². The molecule has 2 atom stereocenters. The molecule has 2 aliphatic heterocycles. The zero-order valence-corrected chi connectivity index (χ0v) is 12.9. The first kappa shape index (κ1) is 15.2. The molecule has 0 saturated carbocycles. The fraction of sp³-hybridized carbons (Fsp3) is 0.562. The fourth-order valence-corrected chi connectivity index (χ4v) is 3.27. The number of halogens is 1. The first-order valence-electron chi connectivity index (χ1n) is 7.55. The number of nitrogens with zero attached hydrogens (tertiary/aromatic N) is 2. The third kappa shape index (κ3) is 2.68. The second kappa shape index (κ2) is 6.22. The van der Waals surface area contributed by atoms with Crippen molar-refractivity contribution in [3.05, 3.63) is 29.6 Å². The molecule has 0 radical (unpaired) electrons. The summed E-state index contributed by atoms with van der Waals surface area (Å²) in [5.41, 5.74) is 0.0632. The minimum absolute atomic E-state index is 0.0226. The first-order valence-corrected chi connectivity index (χ1v) is 7.55. The van der Waals surface area contributed by atoms with Crippen molar-refractivity contribution >= 4 is 5.91 Å². The SMILES string of the molecule is COc1cccc(C(=O)N2CCO[C@@H]3CCN(C)C[C@@H]32)c1F. The number of methoxy groups -OCH3 is 1. The molecule has 0 unspecified atom stereocenters. The van der Waals surface area contributed by atoms with Crippen LogP contribution in [0.2, 0.25) is 0 Å². The quantitative estimate of drug-likeness (QED) is 0.828. The number of amides is 1. The predicted molar refractivity (Wildman–Crippen MR) is 79.6 cm³/mol. The van der Waals surface area contributed by atoms with Gasteiger partial charge in [-0.1, -0.05) is 6.07 Å². The maximum absolute atomic E-state index is 14.4. The standard InChI is InChI=1S/C16H21FN2O3/c1-18-7-6-13-12(10-18)19(8-9-22-13)16(20)11-4-3-5-14(21-2)15(11)17/h3-5,12-13H,6-10H2,1-2H3/t12-,13+/m0/s1. The smallest absolute Gasteiger partial charge is 0.257 e. The first-order chi connectivity index (χ1) is 10.6. The summed E-state index contributed by atoms with van der Waals surface area (Å²) in [4.78, 5) is 16.7. The molecule has 1 aromatic carbocycles. The van der Waals surface area contributed by atoms with Gasteiger partial charge in [0.1, 0.15) is 0 Å². The number of likely N-dealkylation sites (tertiary alicyclic amines) is 1. The molecular weight excluding hydrogens is 287 g/mol. The molecule has 2 saturated heterocycles. The highest BCUT2D eigenvalue weighted by molar-refractivity contribution is 5.95. The Balaban J connectivity index is 1.87. The maximum atomic E-state index is 14.4. The Morgan fingerprint density at radius 1 is 1.41 bits per heavy atom. The number of fused-ring (bicyclic) bond motifs is 1. The fourth-order valence-electron chi connectivity index (χ4n) is 3.27. The molecule has 2 heterocycles. The van der Waals surface area contributed by atoms with Gasteiger partial charge in [0.15, 0.2) is 11.6 Å². The van der Waals surface area contributed by atoms with Crippen LogP contribution in [0.15, 0.2) is 18.2 Å². The number of hydrogen-bond donors (Lipinski definition) is 0. The second-order valence-corrected chi connectivity index (χ2v) is 5.85. The van der Waals surface area contributed by atoms with E-state index in [1.807, 2.05) is 7.05 Å². The van der Waals surface area contributed by atoms with Crippen LogP contribution in [0.1, 0.15) is 16.8 Å². The number of ether oxygens (including phenoxy) is 2. The Hall–Kier alpha value is -1.66. The lowest BCUT2D eigenvalue weighted by molar-refractivity contribution is -0.0870. The van der Waals surface area contributed by atoms with E-state index in [0.29, 0.717) is 13.2 Å². The minimum atomic E-state index is -0.595. The van der Waals surface area contributed by atoms with E-state index >= 15 is 0 Å². The molecule has 0 N–H and O–H groups in total. The average Bonchev–Trinajstić information content (AvgIpc) is 2.54. The van der Waals surface area contributed by atoms with Gasteiger partial charge in [0.2, 0.25) is 0 Å². The van der Waals surface area contributed by atoms with Crippen molar-refractivity contribution < 1.29 is 18.7 Å². The van der Waals surface area contributed by atoms with Gasteiger partial charge >= 0.3 is 0 Å². The number of rotatable bonds is 2. The van der Waals surface area contributed by atoms with Crippen LogP contribution in [-0.4, -0.2) is 68.3 Å². The van der Waals surface area contributed by atoms with E-state index in [1.54, 1.807) is 11.0 Å². The number of morpholine rings is 1. The molecule has 0 aliphatic carbocycles. The van der Waals surface area contributed by atoms with Crippen molar-refractivity contribution in [3.8, 4) is 5.75 Å². The van der Waals surface area contributed by atoms with Gasteiger partial charge in [-0.25, -0.2) is 4.39 Å². The van der Waals surface area contributed by atoms with Crippen LogP contribution in [0, 0.1) is 5.82 Å². The molecule has 0 bridgehead atoms. The van der Waals surface area contributed by atoms with Gasteiger partial charge in [0.25, 0.3) is 5.91 Å². The highest BCUT2D eigenvalue weighted by atomic mass is 19.1. The largest absolute Gasteiger partial charge is 0.494 e. The molecule has 5 nitrogen and oxygen atoms in total. The number of likely N-dealkylation sites (N-methyl/N-ethyl adjacent to an activating group) is 1. The van der Waals surface area contributed by atoms with E-state index in [4.69, 9.17) is 9.47 Å². The maximum Gasteiger partial charge on any atom is 0.257 e. The van der Waals surface area contributed by atoms with Crippen molar-refractivity contribution in [1.29, 1.82) is 0 Å². The van der Waals surface area contributed by atoms with Gasteiger partial charge in [0.05, 0.1) is 31.4 Å². The van der Waals surface area contributed by atoms with E-state index in [1.165, 1.54) is 19.2 Å². The molecule has 1 aromatic rings. The summed E-state index contributed by atoms with van der Waals surface area (Å²) in [6.07, 6.45) is 0.938. The molecule has 6 heteroatoms. The summed E-state index contributed by atoms with van der Waals surface area (Å²) >= 11 is 0. The lowest BCUT2D eigenvalue weighted by Gasteiger charge is -2.46. The zero-order valence-electron chi connectivity index (χ0n) is 12.9. The summed E-state index contributed by atoms with van der Waals surface area (Å²) in [5, 5.41) is 0. The molecule has 3 rings (SSSR count). The molecule has 22 heavy (non-hydrogen) atoms. The summed E-state index contributed by atoms with van der Waals surface area (Å²) in [6.45, 7) is 2.70. The van der Waals surface area contributed by atoms with Gasteiger partial charge in [0, 0.05) is 19.6 Å². The normalized spacial score (nSPS) is 25.7. The number of carbonyl (C=O) groups is 1. The molecule has 0 spiro atoms. The number of hydrogen-bond acceptors (Lipinski definition) is 4. The minimum Gasteiger partial charge on any atom is -0.494 e. The highest BCUT2D eigenvalue weighted by Crippen LogP contribution is 2.26. The Kier molecular flexibility index (Phi) is 4.31. The number of carbonyl (C=O) groups excluding carboxylic acids is 1. The lowest BCUT2D eigenvalue weighted by Crippen LogP contribution is -2.60. The van der Waals surface area contributed by atoms with Crippen LogP contribution in [0.5, 0.6) is 5.75 Å². The number of piperidine rings is 1. The van der Waals surface area contributed by atoms with Crippen LogP contribution in [0.3, 0.4) is 0 Å². The van der Waals surface area contributed by atoms with Crippen molar-refractivity contribution in [2.24, 2.45) is 0 Å². The van der Waals surface area contributed by atoms with E-state index in [0.717, 1.165) is 19.5 Å². The predicted octanol–water partition coefficient (Wildman–Crippen LogP) is 1.38. The average molecular weight is 308 g/mol. The van der Waals surface area contributed by atoms with Crippen LogP contribution in [-0.2, 0) is 4.74 Å². The Morgan fingerprint density at radius 2 is 2.23 bits per heavy atom. The lowest BCUT2D eigenvalue weighted by atomic mass is 9.98. The second-order valence-electron chi connectivity index (χ2n) is 5.85. The molecule has 2 fully saturated rings. The monoisotopic (exact) mass is 308 g/mol. The molecule has 2 aliphatic rings. The van der Waals surface area contributed by atoms with E-state index in [2.05, 4.69) is 4.90 Å². The van der Waals surface area contributed by atoms with E-state index < -0.39 is 5.82 Å². The Morgan fingerprint density at radius 3 is 3.00 bits per heavy atom. The van der Waals surface area contributed by atoms with Gasteiger partial charge < -0.3 is 19.3 Å². The molecular formula is C16H21FN2O3. The van der Waals surface area contributed by atoms with Crippen molar-refractivity contribution in [1.82, 2.24) is 9.80 Å². The summed E-state index contributed by atoms with van der Waals surface area (Å²) in [5.74, 6) is -0.788. The third-order valence-corrected chi connectivity index (χ3v) is 4.46. The van der Waals surface area contributed by atoms with Crippen LogP contribution in [0.25, 0.3) is 0 Å². The summed E-state index contributed by atoms with van der Waals surface area (Å²) in [7, 11) is 3.42. The van der Waals surface area contributed by atoms with Gasteiger partial charge in [-0.05, 0) is 25.6 Å². The topological polar surface area (TPSA) is 42.0 Å². The molecule has 120 valence electrons. The van der Waals surface area contributed by atoms with E-state index in [-0.39, 0.29) is 29.4 Å². The third-order valence-electron chi connectivity index (χ3n) is 4.46. The van der Waals surface area contributed by atoms with Gasteiger partial charge in [-0.2, -0.15) is 0 Å². The van der Waals surface area contributed by atoms with Crippen LogP contribution >= 0.6 is 0 Å². The van der Waals surface area contributed by atoms with Crippen LogP contribution < -0.4 is 4.74 Å². The van der Waals surface area contributed by atoms with Crippen molar-refractivity contribution in [2.75, 3.05) is 40.4 Å². The molecule has 1 amide bonds. The van der Waals surface area contributed by atoms with Gasteiger partial charge in [-0.15, -0.1) is 0 Å².